The van der Waals surface area contributed by atoms with Crippen molar-refractivity contribution in [2.24, 2.45) is 0 Å². The normalized spacial score (nSPS) is 17.1. The summed E-state index contributed by atoms with van der Waals surface area (Å²) in [5, 5.41) is 1.04. The number of nitrogens with zero attached hydrogens (tertiary/aromatic N) is 3. The van der Waals surface area contributed by atoms with Crippen LogP contribution >= 0.6 is 11.3 Å². The molecule has 148 valence electrons. The van der Waals surface area contributed by atoms with Gasteiger partial charge in [0.15, 0.2) is 5.78 Å². The van der Waals surface area contributed by atoms with Crippen molar-refractivity contribution >= 4 is 27.3 Å². The molecule has 28 heavy (non-hydrogen) atoms. The van der Waals surface area contributed by atoms with E-state index in [1.54, 1.807) is 11.3 Å². The Bertz CT molecular complexity index is 952. The molecule has 0 bridgehead atoms. The van der Waals surface area contributed by atoms with Crippen LogP contribution in [0.3, 0.4) is 0 Å². The number of carbonyl (C=O) groups is 1. The maximum absolute atomic E-state index is 12.9. The molecule has 0 N–H and O–H groups in total. The van der Waals surface area contributed by atoms with Crippen LogP contribution in [0.4, 0.5) is 0 Å². The molecule has 1 aliphatic rings. The lowest BCUT2D eigenvalue weighted by atomic mass is 10.1. The second-order valence-corrected chi connectivity index (χ2v) is 8.82. The second-order valence-electron chi connectivity index (χ2n) is 7.70. The number of thiazole rings is 1. The monoisotopic (exact) mass is 397 g/mol. The summed E-state index contributed by atoms with van der Waals surface area (Å²) in [4.78, 5) is 19.7. The molecule has 1 unspecified atom stereocenters. The zero-order valence-electron chi connectivity index (χ0n) is 16.8. The van der Waals surface area contributed by atoms with Crippen molar-refractivity contribution in [1.82, 2.24) is 14.5 Å². The number of para-hydroxylation sites is 1. The van der Waals surface area contributed by atoms with Crippen LogP contribution < -0.4 is 0 Å². The maximum Gasteiger partial charge on any atom is 0.178 e. The van der Waals surface area contributed by atoms with Gasteiger partial charge in [-0.05, 0) is 51.9 Å². The van der Waals surface area contributed by atoms with Gasteiger partial charge in [0.2, 0.25) is 0 Å². The maximum atomic E-state index is 12.9. The molecule has 0 aliphatic carbocycles. The Kier molecular flexibility index (Phi) is 5.62. The number of ether oxygens (including phenoxy) is 1. The van der Waals surface area contributed by atoms with E-state index < -0.39 is 0 Å². The number of ketones is 1. The summed E-state index contributed by atoms with van der Waals surface area (Å²) in [6.45, 7) is 6.88. The molecule has 0 spiro atoms. The van der Waals surface area contributed by atoms with Crippen LogP contribution in [-0.4, -0.2) is 46.5 Å². The number of hydrogen-bond acceptors (Lipinski definition) is 5. The Morgan fingerprint density at radius 2 is 2.18 bits per heavy atom. The SMILES string of the molecule is Cc1cc(C(=O)CN(C)Cc2nc3ccccc3s2)c(C)n1CC1CCCO1. The number of carbonyl (C=O) groups excluding carboxylic acids is 1. The van der Waals surface area contributed by atoms with E-state index in [9.17, 15) is 4.79 Å². The van der Waals surface area contributed by atoms with Crippen molar-refractivity contribution in [3.8, 4) is 0 Å². The minimum atomic E-state index is 0.162. The quantitative estimate of drug-likeness (QED) is 0.561. The molecular weight excluding hydrogens is 370 g/mol. The topological polar surface area (TPSA) is 47.4 Å². The largest absolute Gasteiger partial charge is 0.376 e. The van der Waals surface area contributed by atoms with Crippen LogP contribution in [0.2, 0.25) is 0 Å². The van der Waals surface area contributed by atoms with Gasteiger partial charge in [-0.3, -0.25) is 9.69 Å². The first-order valence-corrected chi connectivity index (χ1v) is 10.7. The van der Waals surface area contributed by atoms with Gasteiger partial charge in [-0.1, -0.05) is 12.1 Å². The standard InChI is InChI=1S/C22H27N3O2S/c1-15-11-18(16(2)25(15)12-17-7-6-10-27-17)20(26)13-24(3)14-22-23-19-8-4-5-9-21(19)28-22/h4-5,8-9,11,17H,6-7,10,12-14H2,1-3H3. The molecule has 5 nitrogen and oxygen atoms in total. The summed E-state index contributed by atoms with van der Waals surface area (Å²) >= 11 is 1.69. The van der Waals surface area contributed by atoms with E-state index in [1.165, 1.54) is 4.70 Å². The zero-order chi connectivity index (χ0) is 19.7. The number of fused-ring (bicyclic) bond motifs is 1. The molecule has 6 heteroatoms. The number of benzene rings is 1. The van der Waals surface area contributed by atoms with E-state index in [-0.39, 0.29) is 11.9 Å². The molecular formula is C22H27N3O2S. The highest BCUT2D eigenvalue weighted by Crippen LogP contribution is 2.23. The van der Waals surface area contributed by atoms with Crippen molar-refractivity contribution in [2.75, 3.05) is 20.2 Å². The van der Waals surface area contributed by atoms with Gasteiger partial charge in [0.1, 0.15) is 5.01 Å². The molecule has 3 aromatic rings. The van der Waals surface area contributed by atoms with Crippen molar-refractivity contribution in [1.29, 1.82) is 0 Å². The van der Waals surface area contributed by atoms with Gasteiger partial charge in [0, 0.05) is 30.1 Å². The Morgan fingerprint density at radius 1 is 1.36 bits per heavy atom. The third-order valence-electron chi connectivity index (χ3n) is 5.44. The van der Waals surface area contributed by atoms with E-state index in [0.29, 0.717) is 13.1 Å². The number of aromatic nitrogens is 2. The van der Waals surface area contributed by atoms with Gasteiger partial charge in [-0.2, -0.15) is 0 Å². The molecule has 1 fully saturated rings. The van der Waals surface area contributed by atoms with E-state index >= 15 is 0 Å². The lowest BCUT2D eigenvalue weighted by molar-refractivity contribution is 0.0932. The van der Waals surface area contributed by atoms with Gasteiger partial charge in [0.05, 0.1) is 29.4 Å². The van der Waals surface area contributed by atoms with Crippen LogP contribution in [-0.2, 0) is 17.8 Å². The summed E-state index contributed by atoms with van der Waals surface area (Å²) in [6.07, 6.45) is 2.51. The lowest BCUT2D eigenvalue weighted by Crippen LogP contribution is -2.26. The smallest absolute Gasteiger partial charge is 0.178 e. The fraction of sp³-hybridized carbons (Fsp3) is 0.455. The van der Waals surface area contributed by atoms with Gasteiger partial charge in [-0.25, -0.2) is 4.98 Å². The average molecular weight is 398 g/mol. The van der Waals surface area contributed by atoms with Gasteiger partial charge >= 0.3 is 0 Å². The highest BCUT2D eigenvalue weighted by Gasteiger charge is 2.21. The first-order chi connectivity index (χ1) is 13.5. The fourth-order valence-electron chi connectivity index (χ4n) is 3.96. The Labute approximate surface area is 169 Å². The van der Waals surface area contributed by atoms with Crippen LogP contribution in [0.15, 0.2) is 30.3 Å². The first-order valence-electron chi connectivity index (χ1n) is 9.86. The third kappa shape index (κ3) is 4.04. The highest BCUT2D eigenvalue weighted by molar-refractivity contribution is 7.18. The highest BCUT2D eigenvalue weighted by atomic mass is 32.1. The average Bonchev–Trinajstić information content (AvgIpc) is 3.37. The van der Waals surface area contributed by atoms with E-state index in [4.69, 9.17) is 4.74 Å². The molecule has 1 atom stereocenters. The Hall–Kier alpha value is -2.02. The van der Waals surface area contributed by atoms with Gasteiger partial charge in [-0.15, -0.1) is 11.3 Å². The number of aryl methyl sites for hydroxylation is 1. The first kappa shape index (κ1) is 19.3. The molecule has 0 saturated carbocycles. The predicted molar refractivity (Wildman–Crippen MR) is 113 cm³/mol. The molecule has 1 aliphatic heterocycles. The van der Waals surface area contributed by atoms with E-state index in [1.807, 2.05) is 43.1 Å². The summed E-state index contributed by atoms with van der Waals surface area (Å²) in [6, 6.07) is 10.2. The number of rotatable bonds is 7. The molecule has 1 saturated heterocycles. The molecule has 4 rings (SSSR count). The summed E-state index contributed by atoms with van der Waals surface area (Å²) in [5.41, 5.74) is 4.03. The van der Waals surface area contributed by atoms with Gasteiger partial charge in [0.25, 0.3) is 0 Å². The van der Waals surface area contributed by atoms with E-state index in [0.717, 1.165) is 53.5 Å². The number of likely N-dealkylation sites (N-methyl/N-ethyl adjacent to an activating group) is 1. The molecule has 2 aromatic heterocycles. The molecule has 1 aromatic carbocycles. The molecule has 3 heterocycles. The fourth-order valence-corrected chi connectivity index (χ4v) is 5.01. The Balaban J connectivity index is 1.42. The van der Waals surface area contributed by atoms with Crippen molar-refractivity contribution < 1.29 is 9.53 Å². The number of Topliss-reactive ketones (excluding diaryl/α,β-unsaturated/α-hetero) is 1. The Morgan fingerprint density at radius 3 is 2.93 bits per heavy atom. The van der Waals surface area contributed by atoms with Crippen molar-refractivity contribution in [2.45, 2.75) is 45.9 Å². The van der Waals surface area contributed by atoms with Crippen LogP contribution in [0.25, 0.3) is 10.2 Å². The van der Waals surface area contributed by atoms with Crippen LogP contribution in [0.1, 0.15) is 39.6 Å². The second kappa shape index (κ2) is 8.15. The third-order valence-corrected chi connectivity index (χ3v) is 6.46. The van der Waals surface area contributed by atoms with Crippen molar-refractivity contribution in [3.05, 3.63) is 52.3 Å². The molecule has 0 radical (unpaired) electrons. The summed E-state index contributed by atoms with van der Waals surface area (Å²) < 4.78 is 9.20. The molecule has 0 amide bonds. The predicted octanol–water partition coefficient (Wildman–Crippen LogP) is 4.21. The van der Waals surface area contributed by atoms with Crippen LogP contribution in [0, 0.1) is 13.8 Å². The van der Waals surface area contributed by atoms with E-state index in [2.05, 4.69) is 22.5 Å². The number of hydrogen-bond donors (Lipinski definition) is 0. The minimum Gasteiger partial charge on any atom is -0.376 e. The van der Waals surface area contributed by atoms with Gasteiger partial charge < -0.3 is 9.30 Å². The summed E-state index contributed by atoms with van der Waals surface area (Å²) in [7, 11) is 1.98. The lowest BCUT2D eigenvalue weighted by Gasteiger charge is -2.16. The van der Waals surface area contributed by atoms with Crippen molar-refractivity contribution in [3.63, 3.8) is 0 Å². The summed E-state index contributed by atoms with van der Waals surface area (Å²) in [5.74, 6) is 0.162. The van der Waals surface area contributed by atoms with Crippen LogP contribution in [0.5, 0.6) is 0 Å². The zero-order valence-corrected chi connectivity index (χ0v) is 17.6. The minimum absolute atomic E-state index is 0.162.